The second-order valence-electron chi connectivity index (χ2n) is 10.4. The van der Waals surface area contributed by atoms with E-state index >= 15 is 0 Å². The van der Waals surface area contributed by atoms with E-state index < -0.39 is 0 Å². The third kappa shape index (κ3) is 10.5. The number of ether oxygens (including phenoxy) is 3. The Balaban J connectivity index is 1.72. The average molecular weight is 595 g/mol. The van der Waals surface area contributed by atoms with Crippen LogP contribution in [-0.4, -0.2) is 69.2 Å². The number of amides is 2. The lowest BCUT2D eigenvalue weighted by molar-refractivity contribution is -0.132. The Hall–Kier alpha value is -3.36. The third-order valence-corrected chi connectivity index (χ3v) is 8.17. The van der Waals surface area contributed by atoms with Gasteiger partial charge in [0.1, 0.15) is 6.54 Å². The molecule has 3 rings (SSSR count). The minimum atomic E-state index is -0.132. The van der Waals surface area contributed by atoms with Crippen LogP contribution in [0.15, 0.2) is 60.0 Å². The van der Waals surface area contributed by atoms with Crippen molar-refractivity contribution in [3.63, 3.8) is 0 Å². The first kappa shape index (κ1) is 33.1. The van der Waals surface area contributed by atoms with Gasteiger partial charge in [-0.1, -0.05) is 50.5 Å². The molecule has 0 N–H and O–H groups in total. The molecule has 1 aromatic heterocycles. The molecule has 42 heavy (non-hydrogen) atoms. The van der Waals surface area contributed by atoms with Gasteiger partial charge < -0.3 is 24.0 Å². The van der Waals surface area contributed by atoms with Gasteiger partial charge in [-0.2, -0.15) is 0 Å². The molecule has 0 saturated heterocycles. The van der Waals surface area contributed by atoms with Crippen molar-refractivity contribution in [3.05, 3.63) is 81.5 Å². The highest BCUT2D eigenvalue weighted by molar-refractivity contribution is 7.09. The Morgan fingerprint density at radius 1 is 0.786 bits per heavy atom. The second-order valence-corrected chi connectivity index (χ2v) is 11.4. The number of aryl methyl sites for hydroxylation is 1. The van der Waals surface area contributed by atoms with Gasteiger partial charge in [0, 0.05) is 37.2 Å². The molecular weight excluding hydrogens is 548 g/mol. The SMILES string of the molecule is CCCCCCc1ccc(C(=O)N(CCCOC)CC(=O)N(CCc2ccc(OC)c(OC)c2)Cc2cccs2)cc1. The quantitative estimate of drug-likeness (QED) is 0.146. The van der Waals surface area contributed by atoms with E-state index in [1.165, 1.54) is 24.8 Å². The fourth-order valence-corrected chi connectivity index (χ4v) is 5.57. The zero-order chi connectivity index (χ0) is 30.2. The molecular formula is C34H46N2O5S. The predicted molar refractivity (Wildman–Crippen MR) is 170 cm³/mol. The maximum absolute atomic E-state index is 13.8. The molecule has 228 valence electrons. The number of methoxy groups -OCH3 is 3. The number of hydrogen-bond donors (Lipinski definition) is 0. The Labute approximate surface area is 255 Å². The summed E-state index contributed by atoms with van der Waals surface area (Å²) in [5.41, 5.74) is 2.88. The summed E-state index contributed by atoms with van der Waals surface area (Å²) in [5, 5.41) is 2.01. The van der Waals surface area contributed by atoms with Gasteiger partial charge in [-0.25, -0.2) is 0 Å². The van der Waals surface area contributed by atoms with Gasteiger partial charge in [-0.05, 0) is 72.5 Å². The van der Waals surface area contributed by atoms with Crippen molar-refractivity contribution in [3.8, 4) is 11.5 Å². The Kier molecular flexibility index (Phi) is 14.4. The van der Waals surface area contributed by atoms with Gasteiger partial charge >= 0.3 is 0 Å². The summed E-state index contributed by atoms with van der Waals surface area (Å²) < 4.78 is 16.1. The van der Waals surface area contributed by atoms with Crippen LogP contribution in [0.5, 0.6) is 11.5 Å². The van der Waals surface area contributed by atoms with E-state index in [0.717, 1.165) is 23.3 Å². The molecule has 0 unspecified atom stereocenters. The van der Waals surface area contributed by atoms with Gasteiger partial charge in [0.25, 0.3) is 5.91 Å². The van der Waals surface area contributed by atoms with Crippen LogP contribution < -0.4 is 9.47 Å². The van der Waals surface area contributed by atoms with Crippen LogP contribution in [0.1, 0.15) is 65.4 Å². The molecule has 0 aliphatic heterocycles. The first-order valence-corrected chi connectivity index (χ1v) is 15.7. The first-order valence-electron chi connectivity index (χ1n) is 14.9. The molecule has 0 spiro atoms. The molecule has 3 aromatic rings. The van der Waals surface area contributed by atoms with E-state index in [1.807, 2.05) is 64.9 Å². The molecule has 0 saturated carbocycles. The molecule has 0 aliphatic carbocycles. The van der Waals surface area contributed by atoms with Gasteiger partial charge in [-0.3, -0.25) is 9.59 Å². The van der Waals surface area contributed by atoms with Crippen LogP contribution in [0.4, 0.5) is 0 Å². The summed E-state index contributed by atoms with van der Waals surface area (Å²) in [6.07, 6.45) is 7.16. The van der Waals surface area contributed by atoms with Crippen LogP contribution in [0.3, 0.4) is 0 Å². The van der Waals surface area contributed by atoms with Crippen LogP contribution in [0, 0.1) is 0 Å². The van der Waals surface area contributed by atoms with E-state index in [4.69, 9.17) is 14.2 Å². The van der Waals surface area contributed by atoms with Crippen molar-refractivity contribution >= 4 is 23.2 Å². The third-order valence-electron chi connectivity index (χ3n) is 7.31. The average Bonchev–Trinajstić information content (AvgIpc) is 3.54. The topological polar surface area (TPSA) is 68.3 Å². The first-order chi connectivity index (χ1) is 20.5. The molecule has 1 heterocycles. The monoisotopic (exact) mass is 594 g/mol. The summed E-state index contributed by atoms with van der Waals surface area (Å²) in [5.74, 6) is 1.12. The van der Waals surface area contributed by atoms with Gasteiger partial charge in [0.2, 0.25) is 5.91 Å². The Morgan fingerprint density at radius 2 is 1.55 bits per heavy atom. The molecule has 0 fully saturated rings. The molecule has 8 heteroatoms. The van der Waals surface area contributed by atoms with E-state index in [9.17, 15) is 9.59 Å². The number of unbranched alkanes of at least 4 members (excludes halogenated alkanes) is 3. The van der Waals surface area contributed by atoms with E-state index in [-0.39, 0.29) is 18.4 Å². The summed E-state index contributed by atoms with van der Waals surface area (Å²) in [6.45, 7) is 4.20. The highest BCUT2D eigenvalue weighted by atomic mass is 32.1. The number of rotatable bonds is 19. The Bertz CT molecular complexity index is 1210. The molecule has 2 aromatic carbocycles. The summed E-state index contributed by atoms with van der Waals surface area (Å²) in [7, 11) is 4.87. The molecule has 0 atom stereocenters. The smallest absolute Gasteiger partial charge is 0.254 e. The van der Waals surface area contributed by atoms with Crippen molar-refractivity contribution < 1.29 is 23.8 Å². The fraction of sp³-hybridized carbons (Fsp3) is 0.471. The maximum atomic E-state index is 13.8. The maximum Gasteiger partial charge on any atom is 0.254 e. The van der Waals surface area contributed by atoms with E-state index in [2.05, 4.69) is 6.92 Å². The zero-order valence-corrected chi connectivity index (χ0v) is 26.4. The summed E-state index contributed by atoms with van der Waals surface area (Å²) in [4.78, 5) is 32.0. The summed E-state index contributed by atoms with van der Waals surface area (Å²) >= 11 is 1.62. The van der Waals surface area contributed by atoms with Crippen molar-refractivity contribution in [2.45, 2.75) is 58.4 Å². The predicted octanol–water partition coefficient (Wildman–Crippen LogP) is 6.64. The fourth-order valence-electron chi connectivity index (χ4n) is 4.85. The number of hydrogen-bond acceptors (Lipinski definition) is 6. The Morgan fingerprint density at radius 3 is 2.21 bits per heavy atom. The molecule has 7 nitrogen and oxygen atoms in total. The minimum Gasteiger partial charge on any atom is -0.493 e. The van der Waals surface area contributed by atoms with E-state index in [1.54, 1.807) is 37.6 Å². The van der Waals surface area contributed by atoms with Crippen LogP contribution in [0.2, 0.25) is 0 Å². The standard InChI is InChI=1S/C34H46N2O5S/c1-5-6-7-8-11-27-13-16-29(17-14-27)34(38)36(20-10-22-39-2)26-33(37)35(25-30-12-9-23-42-30)21-19-28-15-18-31(40-3)32(24-28)41-4/h9,12-18,23-24H,5-8,10-11,19-22,25-26H2,1-4H3. The highest BCUT2D eigenvalue weighted by Crippen LogP contribution is 2.28. The van der Waals surface area contributed by atoms with Gasteiger partial charge in [0.15, 0.2) is 11.5 Å². The van der Waals surface area contributed by atoms with Crippen LogP contribution >= 0.6 is 11.3 Å². The van der Waals surface area contributed by atoms with Crippen molar-refractivity contribution in [2.24, 2.45) is 0 Å². The second kappa shape index (κ2) is 18.2. The van der Waals surface area contributed by atoms with Crippen molar-refractivity contribution in [1.82, 2.24) is 9.80 Å². The normalized spacial score (nSPS) is 10.9. The van der Waals surface area contributed by atoms with Gasteiger partial charge in [0.05, 0.1) is 20.8 Å². The molecule has 0 radical (unpaired) electrons. The number of benzene rings is 2. The number of carbonyl (C=O) groups is 2. The van der Waals surface area contributed by atoms with Crippen molar-refractivity contribution in [2.75, 3.05) is 47.6 Å². The minimum absolute atomic E-state index is 0.0125. The lowest BCUT2D eigenvalue weighted by Gasteiger charge is -2.28. The molecule has 0 bridgehead atoms. The van der Waals surface area contributed by atoms with E-state index in [0.29, 0.717) is 56.1 Å². The van der Waals surface area contributed by atoms with Gasteiger partial charge in [-0.15, -0.1) is 11.3 Å². The summed E-state index contributed by atoms with van der Waals surface area (Å²) in [6, 6.07) is 17.7. The number of carbonyl (C=O) groups excluding carboxylic acids is 2. The van der Waals surface area contributed by atoms with Crippen LogP contribution in [0.25, 0.3) is 0 Å². The zero-order valence-electron chi connectivity index (χ0n) is 25.6. The number of nitrogens with zero attached hydrogens (tertiary/aromatic N) is 2. The van der Waals surface area contributed by atoms with Crippen LogP contribution in [-0.2, 0) is 28.9 Å². The molecule has 2 amide bonds. The highest BCUT2D eigenvalue weighted by Gasteiger charge is 2.23. The lowest BCUT2D eigenvalue weighted by Crippen LogP contribution is -2.44. The lowest BCUT2D eigenvalue weighted by atomic mass is 10.0. The van der Waals surface area contributed by atoms with Crippen molar-refractivity contribution in [1.29, 1.82) is 0 Å². The largest absolute Gasteiger partial charge is 0.493 e. The number of thiophene rings is 1. The molecule has 0 aliphatic rings.